The van der Waals surface area contributed by atoms with Gasteiger partial charge >= 0.3 is 0 Å². The van der Waals surface area contributed by atoms with Crippen LogP contribution < -0.4 is 0 Å². The van der Waals surface area contributed by atoms with E-state index in [0.29, 0.717) is 18.2 Å². The van der Waals surface area contributed by atoms with Crippen LogP contribution in [0.15, 0.2) is 28.7 Å². The standard InChI is InChI=1S/C14H13FO3/c15-10-5-3-4-9-8-11(18-12(9)10)13(16)14(17)6-1-2-7-14/h3-5,8,17H,1-2,6-7H2. The summed E-state index contributed by atoms with van der Waals surface area (Å²) >= 11 is 0. The van der Waals surface area contributed by atoms with Crippen molar-refractivity contribution in [1.82, 2.24) is 0 Å². The van der Waals surface area contributed by atoms with E-state index in [0.717, 1.165) is 12.8 Å². The molecule has 2 aromatic rings. The number of hydrogen-bond acceptors (Lipinski definition) is 3. The lowest BCUT2D eigenvalue weighted by atomic mass is 9.95. The van der Waals surface area contributed by atoms with Crippen LogP contribution in [0, 0.1) is 5.82 Å². The average Bonchev–Trinajstić information content (AvgIpc) is 2.96. The molecule has 0 spiro atoms. The molecule has 0 radical (unpaired) electrons. The highest BCUT2D eigenvalue weighted by Crippen LogP contribution is 2.34. The van der Waals surface area contributed by atoms with Crippen LogP contribution >= 0.6 is 0 Å². The highest BCUT2D eigenvalue weighted by molar-refractivity contribution is 6.03. The van der Waals surface area contributed by atoms with E-state index < -0.39 is 17.2 Å². The topological polar surface area (TPSA) is 50.4 Å². The maximum absolute atomic E-state index is 13.5. The minimum atomic E-state index is -1.33. The first-order valence-corrected chi connectivity index (χ1v) is 6.05. The minimum absolute atomic E-state index is 0.0412. The highest BCUT2D eigenvalue weighted by Gasteiger charge is 2.40. The number of fused-ring (bicyclic) bond motifs is 1. The van der Waals surface area contributed by atoms with Crippen molar-refractivity contribution in [2.45, 2.75) is 31.3 Å². The molecule has 0 amide bonds. The molecule has 1 saturated carbocycles. The molecule has 1 aromatic carbocycles. The molecule has 1 N–H and O–H groups in total. The van der Waals surface area contributed by atoms with E-state index >= 15 is 0 Å². The highest BCUT2D eigenvalue weighted by atomic mass is 19.1. The summed E-state index contributed by atoms with van der Waals surface area (Å²) in [6, 6.07) is 6.02. The molecule has 1 aliphatic carbocycles. The molecule has 0 atom stereocenters. The molecule has 94 valence electrons. The van der Waals surface area contributed by atoms with Crippen LogP contribution in [0.4, 0.5) is 4.39 Å². The monoisotopic (exact) mass is 248 g/mol. The normalized spacial score (nSPS) is 18.3. The maximum Gasteiger partial charge on any atom is 0.229 e. The quantitative estimate of drug-likeness (QED) is 0.831. The number of hydrogen-bond donors (Lipinski definition) is 1. The van der Waals surface area contributed by atoms with Crippen molar-refractivity contribution in [3.05, 3.63) is 35.8 Å². The SMILES string of the molecule is O=C(c1cc2cccc(F)c2o1)C1(O)CCCC1. The van der Waals surface area contributed by atoms with Gasteiger partial charge in [0.25, 0.3) is 0 Å². The van der Waals surface area contributed by atoms with E-state index in [2.05, 4.69) is 0 Å². The molecule has 18 heavy (non-hydrogen) atoms. The minimum Gasteiger partial charge on any atom is -0.450 e. The zero-order chi connectivity index (χ0) is 12.8. The molecule has 1 fully saturated rings. The summed E-state index contributed by atoms with van der Waals surface area (Å²) in [5, 5.41) is 10.7. The summed E-state index contributed by atoms with van der Waals surface area (Å²) in [5.74, 6) is -0.889. The number of carbonyl (C=O) groups excluding carboxylic acids is 1. The molecule has 1 aromatic heterocycles. The van der Waals surface area contributed by atoms with E-state index in [1.165, 1.54) is 12.1 Å². The smallest absolute Gasteiger partial charge is 0.229 e. The Labute approximate surface area is 103 Å². The van der Waals surface area contributed by atoms with Crippen molar-refractivity contribution in [1.29, 1.82) is 0 Å². The van der Waals surface area contributed by atoms with Crippen LogP contribution in [0.5, 0.6) is 0 Å². The third kappa shape index (κ3) is 1.64. The van der Waals surface area contributed by atoms with Gasteiger partial charge in [-0.15, -0.1) is 0 Å². The van der Waals surface area contributed by atoms with Crippen molar-refractivity contribution in [3.63, 3.8) is 0 Å². The van der Waals surface area contributed by atoms with Gasteiger partial charge in [0.05, 0.1) is 0 Å². The number of halogens is 1. The second-order valence-electron chi connectivity index (χ2n) is 4.84. The Hall–Kier alpha value is -1.68. The predicted molar refractivity (Wildman–Crippen MR) is 63.9 cm³/mol. The van der Waals surface area contributed by atoms with Gasteiger partial charge < -0.3 is 9.52 Å². The molecule has 1 aliphatic rings. The Morgan fingerprint density at radius 2 is 2.06 bits per heavy atom. The van der Waals surface area contributed by atoms with Gasteiger partial charge in [-0.3, -0.25) is 4.79 Å². The zero-order valence-electron chi connectivity index (χ0n) is 9.78. The predicted octanol–water partition coefficient (Wildman–Crippen LogP) is 3.06. The van der Waals surface area contributed by atoms with E-state index in [9.17, 15) is 14.3 Å². The van der Waals surface area contributed by atoms with Crippen LogP contribution in [-0.4, -0.2) is 16.5 Å². The van der Waals surface area contributed by atoms with Gasteiger partial charge in [0, 0.05) is 5.39 Å². The largest absolute Gasteiger partial charge is 0.450 e. The Kier molecular flexibility index (Phi) is 2.48. The third-order valence-electron chi connectivity index (χ3n) is 3.57. The number of para-hydroxylation sites is 1. The molecule has 3 nitrogen and oxygen atoms in total. The van der Waals surface area contributed by atoms with Crippen molar-refractivity contribution in [3.8, 4) is 0 Å². The molecule has 4 heteroatoms. The molecular weight excluding hydrogens is 235 g/mol. The molecule has 3 rings (SSSR count). The Morgan fingerprint density at radius 3 is 2.72 bits per heavy atom. The molecule has 0 saturated heterocycles. The number of furan rings is 1. The number of aliphatic hydroxyl groups is 1. The van der Waals surface area contributed by atoms with Crippen LogP contribution in [0.2, 0.25) is 0 Å². The molecule has 0 aliphatic heterocycles. The summed E-state index contributed by atoms with van der Waals surface area (Å²) < 4.78 is 18.7. The number of Topliss-reactive ketones (excluding diaryl/α,β-unsaturated/α-hetero) is 1. The second-order valence-corrected chi connectivity index (χ2v) is 4.84. The zero-order valence-corrected chi connectivity index (χ0v) is 9.78. The van der Waals surface area contributed by atoms with Gasteiger partial charge in [-0.05, 0) is 37.8 Å². The van der Waals surface area contributed by atoms with Crippen LogP contribution in [0.25, 0.3) is 11.0 Å². The van der Waals surface area contributed by atoms with Gasteiger partial charge in [0.1, 0.15) is 5.60 Å². The summed E-state index contributed by atoms with van der Waals surface area (Å²) in [4.78, 5) is 12.2. The van der Waals surface area contributed by atoms with E-state index in [1.54, 1.807) is 12.1 Å². The first-order chi connectivity index (χ1) is 8.60. The Morgan fingerprint density at radius 1 is 1.33 bits per heavy atom. The second kappa shape index (κ2) is 3.92. The van der Waals surface area contributed by atoms with E-state index in [1.807, 2.05) is 0 Å². The fourth-order valence-electron chi connectivity index (χ4n) is 2.56. The van der Waals surface area contributed by atoms with Crippen LogP contribution in [0.3, 0.4) is 0 Å². The number of rotatable bonds is 2. The van der Waals surface area contributed by atoms with Crippen molar-refractivity contribution < 1.29 is 18.7 Å². The Bertz CT molecular complexity index is 609. The molecular formula is C14H13FO3. The Balaban J connectivity index is 2.04. The third-order valence-corrected chi connectivity index (χ3v) is 3.57. The summed E-state index contributed by atoms with van der Waals surface area (Å²) in [6.45, 7) is 0. The van der Waals surface area contributed by atoms with Crippen molar-refractivity contribution in [2.75, 3.05) is 0 Å². The summed E-state index contributed by atoms with van der Waals surface area (Å²) in [6.07, 6.45) is 2.56. The van der Waals surface area contributed by atoms with E-state index in [-0.39, 0.29) is 11.3 Å². The lowest BCUT2D eigenvalue weighted by molar-refractivity contribution is 0.0327. The maximum atomic E-state index is 13.5. The molecule has 0 unspecified atom stereocenters. The number of ketones is 1. The lowest BCUT2D eigenvalue weighted by Gasteiger charge is -2.18. The average molecular weight is 248 g/mol. The fraction of sp³-hybridized carbons (Fsp3) is 0.357. The van der Waals surface area contributed by atoms with Crippen LogP contribution in [0.1, 0.15) is 36.2 Å². The fourth-order valence-corrected chi connectivity index (χ4v) is 2.56. The van der Waals surface area contributed by atoms with Gasteiger partial charge in [-0.2, -0.15) is 0 Å². The lowest BCUT2D eigenvalue weighted by Crippen LogP contribution is -2.34. The van der Waals surface area contributed by atoms with Gasteiger partial charge in [-0.1, -0.05) is 12.1 Å². The molecule has 0 bridgehead atoms. The van der Waals surface area contributed by atoms with E-state index in [4.69, 9.17) is 4.42 Å². The van der Waals surface area contributed by atoms with Crippen molar-refractivity contribution >= 4 is 16.8 Å². The number of carbonyl (C=O) groups is 1. The van der Waals surface area contributed by atoms with Gasteiger partial charge in [0.15, 0.2) is 17.2 Å². The summed E-state index contributed by atoms with van der Waals surface area (Å²) in [7, 11) is 0. The first kappa shape index (κ1) is 11.4. The molecule has 1 heterocycles. The van der Waals surface area contributed by atoms with Gasteiger partial charge in [0.2, 0.25) is 5.78 Å². The van der Waals surface area contributed by atoms with Crippen LogP contribution in [-0.2, 0) is 0 Å². The summed E-state index contributed by atoms with van der Waals surface area (Å²) in [5.41, 5.74) is -1.26. The van der Waals surface area contributed by atoms with Crippen molar-refractivity contribution in [2.24, 2.45) is 0 Å². The van der Waals surface area contributed by atoms with Gasteiger partial charge in [-0.25, -0.2) is 4.39 Å². The number of benzene rings is 1. The first-order valence-electron chi connectivity index (χ1n) is 6.05.